The van der Waals surface area contributed by atoms with Crippen molar-refractivity contribution < 1.29 is 4.52 Å². The molecule has 0 saturated heterocycles. The van der Waals surface area contributed by atoms with Crippen molar-refractivity contribution in [3.63, 3.8) is 0 Å². The summed E-state index contributed by atoms with van der Waals surface area (Å²) in [6.45, 7) is 6.52. The maximum absolute atomic E-state index is 5.77. The van der Waals surface area contributed by atoms with Crippen LogP contribution in [0.25, 0.3) is 0 Å². The zero-order chi connectivity index (χ0) is 13.8. The largest absolute Gasteiger partial charge is 0.339 e. The third-order valence-corrected chi connectivity index (χ3v) is 4.24. The van der Waals surface area contributed by atoms with Gasteiger partial charge in [0.2, 0.25) is 5.89 Å². The van der Waals surface area contributed by atoms with Crippen LogP contribution in [-0.2, 0) is 0 Å². The molecule has 1 aliphatic carbocycles. The van der Waals surface area contributed by atoms with E-state index >= 15 is 0 Å². The van der Waals surface area contributed by atoms with Crippen molar-refractivity contribution >= 4 is 0 Å². The summed E-state index contributed by atoms with van der Waals surface area (Å²) in [4.78, 5) is 4.62. The lowest BCUT2D eigenvalue weighted by Crippen LogP contribution is -2.14. The molecule has 4 unspecified atom stereocenters. The molecule has 19 heavy (non-hydrogen) atoms. The zero-order valence-electron chi connectivity index (χ0n) is 12.4. The third-order valence-electron chi connectivity index (χ3n) is 4.24. The molecule has 108 valence electrons. The van der Waals surface area contributed by atoms with Crippen LogP contribution in [0.15, 0.2) is 4.52 Å². The molecule has 0 spiro atoms. The van der Waals surface area contributed by atoms with E-state index in [0.717, 1.165) is 36.9 Å². The average Bonchev–Trinajstić information content (AvgIpc) is 2.96. The van der Waals surface area contributed by atoms with Crippen LogP contribution in [0.3, 0.4) is 0 Å². The SMILES string of the molecule is CC(N)CCCC(C)c1nc(C2CCC(C)C2)no1. The topological polar surface area (TPSA) is 64.9 Å². The lowest BCUT2D eigenvalue weighted by Gasteiger charge is -2.08. The summed E-state index contributed by atoms with van der Waals surface area (Å²) in [5, 5.41) is 4.19. The molecule has 1 heterocycles. The lowest BCUT2D eigenvalue weighted by molar-refractivity contribution is 0.343. The number of rotatable bonds is 6. The second kappa shape index (κ2) is 6.51. The highest BCUT2D eigenvalue weighted by molar-refractivity contribution is 5.01. The molecule has 4 nitrogen and oxygen atoms in total. The first-order valence-corrected chi connectivity index (χ1v) is 7.65. The summed E-state index contributed by atoms with van der Waals surface area (Å²) < 4.78 is 5.44. The summed E-state index contributed by atoms with van der Waals surface area (Å²) in [6, 6.07) is 0.283. The van der Waals surface area contributed by atoms with Gasteiger partial charge in [-0.15, -0.1) is 0 Å². The summed E-state index contributed by atoms with van der Waals surface area (Å²) in [7, 11) is 0. The maximum atomic E-state index is 5.77. The highest BCUT2D eigenvalue weighted by Crippen LogP contribution is 2.37. The van der Waals surface area contributed by atoms with E-state index in [2.05, 4.69) is 30.9 Å². The first-order chi connectivity index (χ1) is 9.06. The summed E-state index contributed by atoms with van der Waals surface area (Å²) in [5.74, 6) is 3.40. The van der Waals surface area contributed by atoms with E-state index in [-0.39, 0.29) is 6.04 Å². The predicted octanol–water partition coefficient (Wildman–Crippen LogP) is 3.59. The first-order valence-electron chi connectivity index (χ1n) is 7.65. The van der Waals surface area contributed by atoms with Gasteiger partial charge in [0.05, 0.1) is 0 Å². The molecule has 1 aromatic heterocycles. The van der Waals surface area contributed by atoms with Gasteiger partial charge in [-0.3, -0.25) is 0 Å². The van der Waals surface area contributed by atoms with Crippen molar-refractivity contribution in [2.24, 2.45) is 11.7 Å². The van der Waals surface area contributed by atoms with Gasteiger partial charge in [-0.25, -0.2) is 0 Å². The monoisotopic (exact) mass is 265 g/mol. The maximum Gasteiger partial charge on any atom is 0.229 e. The number of hydrogen-bond acceptors (Lipinski definition) is 4. The highest BCUT2D eigenvalue weighted by Gasteiger charge is 2.27. The summed E-state index contributed by atoms with van der Waals surface area (Å²) >= 11 is 0. The Morgan fingerprint density at radius 1 is 1.32 bits per heavy atom. The van der Waals surface area contributed by atoms with Crippen molar-refractivity contribution in [3.8, 4) is 0 Å². The molecular formula is C15H27N3O. The molecule has 0 aliphatic heterocycles. The van der Waals surface area contributed by atoms with Crippen LogP contribution in [0.4, 0.5) is 0 Å². The van der Waals surface area contributed by atoms with Crippen LogP contribution in [0.1, 0.15) is 82.8 Å². The molecular weight excluding hydrogens is 238 g/mol. The van der Waals surface area contributed by atoms with Crippen LogP contribution >= 0.6 is 0 Å². The lowest BCUT2D eigenvalue weighted by atomic mass is 10.0. The van der Waals surface area contributed by atoms with Gasteiger partial charge in [-0.2, -0.15) is 4.98 Å². The van der Waals surface area contributed by atoms with E-state index in [1.54, 1.807) is 0 Å². The molecule has 1 aliphatic rings. The molecule has 1 aromatic rings. The fourth-order valence-corrected chi connectivity index (χ4v) is 2.92. The van der Waals surface area contributed by atoms with Crippen molar-refractivity contribution in [3.05, 3.63) is 11.7 Å². The van der Waals surface area contributed by atoms with E-state index in [0.29, 0.717) is 11.8 Å². The van der Waals surface area contributed by atoms with Gasteiger partial charge < -0.3 is 10.3 Å². The van der Waals surface area contributed by atoms with E-state index in [1.807, 2.05) is 0 Å². The van der Waals surface area contributed by atoms with E-state index in [4.69, 9.17) is 10.3 Å². The fourth-order valence-electron chi connectivity index (χ4n) is 2.92. The minimum absolute atomic E-state index is 0.283. The number of aromatic nitrogens is 2. The molecule has 1 fully saturated rings. The molecule has 2 N–H and O–H groups in total. The van der Waals surface area contributed by atoms with Gasteiger partial charge in [0.1, 0.15) is 0 Å². The van der Waals surface area contributed by atoms with Crippen molar-refractivity contribution in [2.75, 3.05) is 0 Å². The van der Waals surface area contributed by atoms with Crippen LogP contribution in [0.5, 0.6) is 0 Å². The third kappa shape index (κ3) is 4.03. The zero-order valence-corrected chi connectivity index (χ0v) is 12.4. The predicted molar refractivity (Wildman–Crippen MR) is 76.0 cm³/mol. The molecule has 1 saturated carbocycles. The average molecular weight is 265 g/mol. The molecule has 4 heteroatoms. The van der Waals surface area contributed by atoms with Crippen LogP contribution in [0.2, 0.25) is 0 Å². The molecule has 0 bridgehead atoms. The quantitative estimate of drug-likeness (QED) is 0.853. The molecule has 4 atom stereocenters. The minimum atomic E-state index is 0.283. The standard InChI is InChI=1S/C15H27N3O/c1-10-7-8-13(9-10)14-17-15(19-18-14)11(2)5-4-6-12(3)16/h10-13H,4-9,16H2,1-3H3. The Balaban J connectivity index is 1.86. The number of nitrogens with zero attached hydrogens (tertiary/aromatic N) is 2. The van der Waals surface area contributed by atoms with Crippen molar-refractivity contribution in [2.45, 2.75) is 77.2 Å². The van der Waals surface area contributed by atoms with Gasteiger partial charge in [0.25, 0.3) is 0 Å². The van der Waals surface area contributed by atoms with E-state index < -0.39 is 0 Å². The first kappa shape index (κ1) is 14.5. The Hall–Kier alpha value is -0.900. The molecule has 0 amide bonds. The van der Waals surface area contributed by atoms with E-state index in [9.17, 15) is 0 Å². The summed E-state index contributed by atoms with van der Waals surface area (Å²) in [6.07, 6.45) is 6.96. The smallest absolute Gasteiger partial charge is 0.229 e. The van der Waals surface area contributed by atoms with Crippen molar-refractivity contribution in [1.29, 1.82) is 0 Å². The van der Waals surface area contributed by atoms with Gasteiger partial charge in [-0.1, -0.05) is 25.4 Å². The van der Waals surface area contributed by atoms with Gasteiger partial charge in [0.15, 0.2) is 5.82 Å². The number of hydrogen-bond donors (Lipinski definition) is 1. The number of nitrogens with two attached hydrogens (primary N) is 1. The fraction of sp³-hybridized carbons (Fsp3) is 0.867. The molecule has 0 radical (unpaired) electrons. The Bertz CT molecular complexity index is 388. The van der Waals surface area contributed by atoms with Crippen LogP contribution < -0.4 is 5.73 Å². The van der Waals surface area contributed by atoms with Gasteiger partial charge in [-0.05, 0) is 44.9 Å². The van der Waals surface area contributed by atoms with Gasteiger partial charge >= 0.3 is 0 Å². The van der Waals surface area contributed by atoms with Crippen LogP contribution in [0, 0.1) is 5.92 Å². The Morgan fingerprint density at radius 2 is 2.11 bits per heavy atom. The Labute approximate surface area is 116 Å². The highest BCUT2D eigenvalue weighted by atomic mass is 16.5. The van der Waals surface area contributed by atoms with Crippen molar-refractivity contribution in [1.82, 2.24) is 10.1 Å². The minimum Gasteiger partial charge on any atom is -0.339 e. The van der Waals surface area contributed by atoms with E-state index in [1.165, 1.54) is 19.3 Å². The van der Waals surface area contributed by atoms with Gasteiger partial charge in [0, 0.05) is 17.9 Å². The molecule has 0 aromatic carbocycles. The normalized spacial score (nSPS) is 26.5. The Morgan fingerprint density at radius 3 is 2.74 bits per heavy atom. The molecule has 2 rings (SSSR count). The summed E-state index contributed by atoms with van der Waals surface area (Å²) in [5.41, 5.74) is 5.77. The second-order valence-corrected chi connectivity index (χ2v) is 6.42. The van der Waals surface area contributed by atoms with Crippen LogP contribution in [-0.4, -0.2) is 16.2 Å². The Kier molecular flexibility index (Phi) is 4.97. The second-order valence-electron chi connectivity index (χ2n) is 6.42.